The lowest BCUT2D eigenvalue weighted by Crippen LogP contribution is -2.40. The van der Waals surface area contributed by atoms with Crippen molar-refractivity contribution in [1.82, 2.24) is 24.7 Å². The van der Waals surface area contributed by atoms with Crippen LogP contribution in [0.3, 0.4) is 0 Å². The molecule has 2 atom stereocenters. The van der Waals surface area contributed by atoms with Crippen molar-refractivity contribution in [3.63, 3.8) is 0 Å². The molecule has 3 aromatic rings. The van der Waals surface area contributed by atoms with Crippen molar-refractivity contribution in [3.05, 3.63) is 36.3 Å². The minimum Gasteiger partial charge on any atom is -0.356 e. The number of fused-ring (bicyclic) bond motifs is 2. The molecule has 2 aliphatic heterocycles. The predicted octanol–water partition coefficient (Wildman–Crippen LogP) is 3.47. The zero-order chi connectivity index (χ0) is 22.5. The minimum atomic E-state index is -4.40. The summed E-state index contributed by atoms with van der Waals surface area (Å²) in [7, 11) is 0. The number of pyridine rings is 1. The molecule has 0 N–H and O–H groups in total. The standard InChI is InChI=1S/C20H20F5N7/c21-16(22)11-32-19-15(6-28-32)26-7-18(29-19)30-4-3-12-8-31(10-13(12)9-30)17-2-1-14(5-27-17)20(23,24)25/h1-2,5-7,12-13,16H,3-4,8-11H2. The number of nitrogens with zero attached hydrogens (tertiary/aromatic N) is 7. The number of hydrogen-bond donors (Lipinski definition) is 0. The summed E-state index contributed by atoms with van der Waals surface area (Å²) in [6.45, 7) is 2.31. The summed E-state index contributed by atoms with van der Waals surface area (Å²) in [5.41, 5.74) is 0.0284. The van der Waals surface area contributed by atoms with Gasteiger partial charge in [-0.15, -0.1) is 0 Å². The molecule has 0 bridgehead atoms. The molecule has 2 unspecified atom stereocenters. The van der Waals surface area contributed by atoms with Gasteiger partial charge in [0.1, 0.15) is 23.7 Å². The van der Waals surface area contributed by atoms with Gasteiger partial charge in [0, 0.05) is 32.4 Å². The van der Waals surface area contributed by atoms with E-state index in [1.807, 2.05) is 4.90 Å². The smallest absolute Gasteiger partial charge is 0.356 e. The Hall–Kier alpha value is -3.05. The molecule has 2 saturated heterocycles. The lowest BCUT2D eigenvalue weighted by molar-refractivity contribution is -0.137. The van der Waals surface area contributed by atoms with E-state index in [0.29, 0.717) is 41.8 Å². The normalized spacial score (nSPS) is 21.6. The average Bonchev–Trinajstić information content (AvgIpc) is 3.36. The number of aromatic nitrogens is 5. The first kappa shape index (κ1) is 20.8. The summed E-state index contributed by atoms with van der Waals surface area (Å²) in [4.78, 5) is 17.0. The zero-order valence-electron chi connectivity index (χ0n) is 16.9. The van der Waals surface area contributed by atoms with Crippen LogP contribution in [-0.4, -0.2) is 57.3 Å². The van der Waals surface area contributed by atoms with Crippen LogP contribution in [-0.2, 0) is 12.7 Å². The van der Waals surface area contributed by atoms with Gasteiger partial charge in [0.2, 0.25) is 0 Å². The third-order valence-electron chi connectivity index (χ3n) is 6.17. The second-order valence-electron chi connectivity index (χ2n) is 8.22. The highest BCUT2D eigenvalue weighted by atomic mass is 19.4. The van der Waals surface area contributed by atoms with Gasteiger partial charge < -0.3 is 9.80 Å². The fourth-order valence-electron chi connectivity index (χ4n) is 4.56. The van der Waals surface area contributed by atoms with Gasteiger partial charge in [-0.05, 0) is 30.4 Å². The third kappa shape index (κ3) is 3.93. The van der Waals surface area contributed by atoms with Gasteiger partial charge in [0.05, 0.1) is 18.0 Å². The van der Waals surface area contributed by atoms with E-state index in [2.05, 4.69) is 25.0 Å². The molecule has 3 aromatic heterocycles. The van der Waals surface area contributed by atoms with Crippen molar-refractivity contribution in [2.45, 2.75) is 25.6 Å². The molecule has 5 rings (SSSR count). The molecule has 0 saturated carbocycles. The minimum absolute atomic E-state index is 0.288. The molecule has 0 spiro atoms. The van der Waals surface area contributed by atoms with Crippen LogP contribution in [0.5, 0.6) is 0 Å². The van der Waals surface area contributed by atoms with Crippen LogP contribution < -0.4 is 9.80 Å². The van der Waals surface area contributed by atoms with E-state index in [0.717, 1.165) is 36.5 Å². The quantitative estimate of drug-likeness (QED) is 0.564. The van der Waals surface area contributed by atoms with E-state index in [4.69, 9.17) is 0 Å². The molecule has 5 heterocycles. The first-order valence-electron chi connectivity index (χ1n) is 10.3. The summed E-state index contributed by atoms with van der Waals surface area (Å²) >= 11 is 0. The highest BCUT2D eigenvalue weighted by molar-refractivity contribution is 5.71. The second-order valence-corrected chi connectivity index (χ2v) is 8.22. The average molecular weight is 453 g/mol. The summed E-state index contributed by atoms with van der Waals surface area (Å²) in [5.74, 6) is 1.84. The highest BCUT2D eigenvalue weighted by Crippen LogP contribution is 2.36. The monoisotopic (exact) mass is 453 g/mol. The van der Waals surface area contributed by atoms with Crippen molar-refractivity contribution in [2.24, 2.45) is 11.8 Å². The van der Waals surface area contributed by atoms with Gasteiger partial charge in [0.15, 0.2) is 5.65 Å². The number of hydrogen-bond acceptors (Lipinski definition) is 6. The molecule has 7 nitrogen and oxygen atoms in total. The Morgan fingerprint density at radius 3 is 2.44 bits per heavy atom. The Labute approximate surface area is 179 Å². The molecular weight excluding hydrogens is 433 g/mol. The van der Waals surface area contributed by atoms with E-state index >= 15 is 0 Å². The third-order valence-corrected chi connectivity index (χ3v) is 6.17. The second kappa shape index (κ2) is 7.82. The topological polar surface area (TPSA) is 63.0 Å². The van der Waals surface area contributed by atoms with Gasteiger partial charge in [-0.1, -0.05) is 0 Å². The number of alkyl halides is 5. The maximum atomic E-state index is 12.8. The Balaban J connectivity index is 1.30. The van der Waals surface area contributed by atoms with E-state index in [1.165, 1.54) is 12.3 Å². The SMILES string of the molecule is FC(F)Cn1ncc2ncc(N3CCC4CN(c5ccc(C(F)(F)F)cn5)CC4C3)nc21. The van der Waals surface area contributed by atoms with Crippen LogP contribution in [0.15, 0.2) is 30.7 Å². The van der Waals surface area contributed by atoms with Crippen LogP contribution in [0, 0.1) is 11.8 Å². The molecule has 0 radical (unpaired) electrons. The summed E-state index contributed by atoms with van der Waals surface area (Å²) < 4.78 is 65.1. The van der Waals surface area contributed by atoms with Gasteiger partial charge in [-0.3, -0.25) is 0 Å². The molecule has 2 fully saturated rings. The maximum Gasteiger partial charge on any atom is 0.417 e. The lowest BCUT2D eigenvalue weighted by Gasteiger charge is -2.34. The van der Waals surface area contributed by atoms with Crippen molar-refractivity contribution >= 4 is 22.8 Å². The Morgan fingerprint density at radius 1 is 0.938 bits per heavy atom. The fraction of sp³-hybridized carbons (Fsp3) is 0.500. The van der Waals surface area contributed by atoms with E-state index in [9.17, 15) is 22.0 Å². The van der Waals surface area contributed by atoms with E-state index in [-0.39, 0.29) is 5.92 Å². The van der Waals surface area contributed by atoms with Gasteiger partial charge in [0.25, 0.3) is 6.43 Å². The molecule has 12 heteroatoms. The molecule has 0 aromatic carbocycles. The van der Waals surface area contributed by atoms with Gasteiger partial charge >= 0.3 is 6.18 Å². The first-order chi connectivity index (χ1) is 15.3. The Bertz CT molecular complexity index is 1100. The molecule has 32 heavy (non-hydrogen) atoms. The maximum absolute atomic E-state index is 12.8. The number of rotatable bonds is 4. The van der Waals surface area contributed by atoms with Crippen LogP contribution in [0.2, 0.25) is 0 Å². The molecule has 0 aliphatic carbocycles. The number of halogens is 5. The molecule has 170 valence electrons. The van der Waals surface area contributed by atoms with E-state index < -0.39 is 24.7 Å². The summed E-state index contributed by atoms with van der Waals surface area (Å²) in [6, 6.07) is 2.48. The fourth-order valence-corrected chi connectivity index (χ4v) is 4.56. The summed E-state index contributed by atoms with van der Waals surface area (Å²) in [5, 5.41) is 3.95. The van der Waals surface area contributed by atoms with Crippen LogP contribution in [0.4, 0.5) is 33.6 Å². The number of anilines is 2. The highest BCUT2D eigenvalue weighted by Gasteiger charge is 2.38. The first-order valence-corrected chi connectivity index (χ1v) is 10.3. The molecule has 0 amide bonds. The van der Waals surface area contributed by atoms with Gasteiger partial charge in [-0.2, -0.15) is 18.3 Å². The predicted molar refractivity (Wildman–Crippen MR) is 107 cm³/mol. The lowest BCUT2D eigenvalue weighted by atomic mass is 9.89. The Kier molecular flexibility index (Phi) is 5.09. The van der Waals surface area contributed by atoms with Crippen LogP contribution in [0.1, 0.15) is 12.0 Å². The van der Waals surface area contributed by atoms with Gasteiger partial charge in [-0.25, -0.2) is 28.4 Å². The van der Waals surface area contributed by atoms with E-state index in [1.54, 1.807) is 6.20 Å². The largest absolute Gasteiger partial charge is 0.417 e. The van der Waals surface area contributed by atoms with Crippen molar-refractivity contribution in [1.29, 1.82) is 0 Å². The molecule has 2 aliphatic rings. The summed E-state index contributed by atoms with van der Waals surface area (Å²) in [6.07, 6.45) is -2.14. The zero-order valence-corrected chi connectivity index (χ0v) is 16.9. The van der Waals surface area contributed by atoms with Crippen molar-refractivity contribution in [2.75, 3.05) is 36.0 Å². The van der Waals surface area contributed by atoms with Crippen molar-refractivity contribution in [3.8, 4) is 0 Å². The van der Waals surface area contributed by atoms with Crippen LogP contribution in [0.25, 0.3) is 11.2 Å². The van der Waals surface area contributed by atoms with Crippen molar-refractivity contribution < 1.29 is 22.0 Å². The Morgan fingerprint density at radius 2 is 1.72 bits per heavy atom. The molecular formula is C20H20F5N7. The van der Waals surface area contributed by atoms with Crippen LogP contribution >= 0.6 is 0 Å². The number of piperidine rings is 1.